The van der Waals surface area contributed by atoms with Gasteiger partial charge in [-0.1, -0.05) is 30.3 Å². The van der Waals surface area contributed by atoms with Crippen LogP contribution in [0.25, 0.3) is 0 Å². The molecule has 2 aromatic rings. The molecule has 9 nitrogen and oxygen atoms in total. The monoisotopic (exact) mass is 536 g/mol. The first-order valence-corrected chi connectivity index (χ1v) is 12.3. The van der Waals surface area contributed by atoms with Crippen molar-refractivity contribution in [1.29, 1.82) is 0 Å². The summed E-state index contributed by atoms with van der Waals surface area (Å²) in [7, 11) is 0.0466. The van der Waals surface area contributed by atoms with Gasteiger partial charge in [0, 0.05) is 11.7 Å². The molecule has 0 saturated carbocycles. The first kappa shape index (κ1) is 29.0. The van der Waals surface area contributed by atoms with Gasteiger partial charge in [-0.3, -0.25) is 4.52 Å². The number of rotatable bonds is 16. The molecular formula is C22H28ClF2N2O7P. The van der Waals surface area contributed by atoms with E-state index in [0.717, 1.165) is 29.7 Å². The molecule has 13 heteroatoms. The largest absolute Gasteiger partial charge is 0.553 e. The van der Waals surface area contributed by atoms with Gasteiger partial charge in [0.2, 0.25) is 0 Å². The Labute approximate surface area is 208 Å². The molecule has 2 rings (SSSR count). The second kappa shape index (κ2) is 15.0. The van der Waals surface area contributed by atoms with Crippen LogP contribution < -0.4 is 9.47 Å². The number of oxime groups is 1. The highest BCUT2D eigenvalue weighted by Gasteiger charge is 2.28. The van der Waals surface area contributed by atoms with Crippen LogP contribution in [0.15, 0.2) is 53.7 Å². The van der Waals surface area contributed by atoms with Crippen molar-refractivity contribution in [2.24, 2.45) is 5.16 Å². The Hall–Kier alpha value is -2.27. The quantitative estimate of drug-likeness (QED) is 0.0941. The van der Waals surface area contributed by atoms with Gasteiger partial charge in [-0.25, -0.2) is 9.55 Å². The summed E-state index contributed by atoms with van der Waals surface area (Å²) in [4.78, 5) is 5.52. The van der Waals surface area contributed by atoms with Crippen molar-refractivity contribution in [1.82, 2.24) is 4.90 Å². The molecule has 0 aliphatic heterocycles. The Morgan fingerprint density at radius 3 is 2.66 bits per heavy atom. The highest BCUT2D eigenvalue weighted by Crippen LogP contribution is 2.50. The van der Waals surface area contributed by atoms with Gasteiger partial charge in [0.25, 0.3) is 0 Å². The fraction of sp³-hybridized carbons (Fsp3) is 0.409. The van der Waals surface area contributed by atoms with Gasteiger partial charge in [0.05, 0.1) is 7.11 Å². The van der Waals surface area contributed by atoms with E-state index in [1.54, 1.807) is 7.11 Å². The van der Waals surface area contributed by atoms with Gasteiger partial charge >= 0.3 is 13.3 Å². The Morgan fingerprint density at radius 2 is 1.94 bits per heavy atom. The van der Waals surface area contributed by atoms with Crippen LogP contribution in [0, 0.1) is 0 Å². The molecule has 0 saturated heterocycles. The smallest absolute Gasteiger partial charge is 0.497 e. The molecule has 35 heavy (non-hydrogen) atoms. The summed E-state index contributed by atoms with van der Waals surface area (Å²) in [6.07, 6.45) is 0.948. The number of halogens is 3. The van der Waals surface area contributed by atoms with Crippen molar-refractivity contribution in [2.75, 3.05) is 41.1 Å². The lowest BCUT2D eigenvalue weighted by Crippen LogP contribution is -2.34. The van der Waals surface area contributed by atoms with Crippen molar-refractivity contribution in [2.45, 2.75) is 18.9 Å². The lowest BCUT2D eigenvalue weighted by atomic mass is 10.0. The minimum absolute atomic E-state index is 0.105. The van der Waals surface area contributed by atoms with Crippen molar-refractivity contribution >= 4 is 24.9 Å². The molecule has 0 fully saturated rings. The van der Waals surface area contributed by atoms with E-state index >= 15 is 0 Å². The fourth-order valence-electron chi connectivity index (χ4n) is 3.00. The first-order chi connectivity index (χ1) is 16.7. The number of aryl methyl sites for hydroxylation is 2. The zero-order valence-corrected chi connectivity index (χ0v) is 21.2. The zero-order valence-electron chi connectivity index (χ0n) is 19.6. The van der Waals surface area contributed by atoms with Crippen LogP contribution in [0.2, 0.25) is 0 Å². The Morgan fingerprint density at radius 1 is 1.17 bits per heavy atom. The number of hydrogen-bond acceptors (Lipinski definition) is 9. The van der Waals surface area contributed by atoms with Crippen LogP contribution in [0.3, 0.4) is 0 Å². The van der Waals surface area contributed by atoms with E-state index in [0.29, 0.717) is 12.3 Å². The number of ether oxygens (including phenoxy) is 3. The van der Waals surface area contributed by atoms with E-state index in [4.69, 9.17) is 25.8 Å². The molecule has 0 heterocycles. The molecule has 0 aliphatic rings. The molecule has 0 aromatic heterocycles. The summed E-state index contributed by atoms with van der Waals surface area (Å²) in [5, 5.41) is 2.43. The summed E-state index contributed by atoms with van der Waals surface area (Å²) in [5.74, 6) is 1.48. The maximum absolute atomic E-state index is 13.7. The van der Waals surface area contributed by atoms with Crippen LogP contribution in [0.1, 0.15) is 11.1 Å². The van der Waals surface area contributed by atoms with Crippen molar-refractivity contribution < 1.29 is 41.5 Å². The summed E-state index contributed by atoms with van der Waals surface area (Å²) in [5.41, 5.74) is 0.556. The van der Waals surface area contributed by atoms with Crippen LogP contribution in [-0.2, 0) is 36.3 Å². The number of likely N-dealkylation sites (N-methyl/N-ethyl adjacent to an activating group) is 1. The Kier molecular flexibility index (Phi) is 12.4. The Balaban J connectivity index is 1.91. The van der Waals surface area contributed by atoms with Gasteiger partial charge < -0.3 is 19.1 Å². The topological polar surface area (TPSA) is 88.1 Å². The minimum Gasteiger partial charge on any atom is -0.497 e. The van der Waals surface area contributed by atoms with Crippen LogP contribution >= 0.6 is 19.5 Å². The second-order valence-electron chi connectivity index (χ2n) is 7.48. The maximum atomic E-state index is 13.7. The summed E-state index contributed by atoms with van der Waals surface area (Å²) in [6, 6.07) is 15.5. The van der Waals surface area contributed by atoms with E-state index in [-0.39, 0.29) is 6.61 Å². The molecule has 0 spiro atoms. The lowest BCUT2D eigenvalue weighted by Gasteiger charge is -2.22. The van der Waals surface area contributed by atoms with Crippen molar-refractivity contribution in [3.05, 3.63) is 59.7 Å². The lowest BCUT2D eigenvalue weighted by molar-refractivity contribution is -0.226. The van der Waals surface area contributed by atoms with E-state index < -0.39 is 26.2 Å². The van der Waals surface area contributed by atoms with E-state index in [1.165, 1.54) is 0 Å². The van der Waals surface area contributed by atoms with E-state index in [1.807, 2.05) is 67.5 Å². The average Bonchev–Trinajstić information content (AvgIpc) is 2.81. The van der Waals surface area contributed by atoms with Crippen molar-refractivity contribution in [3.8, 4) is 11.5 Å². The zero-order chi connectivity index (χ0) is 25.7. The highest BCUT2D eigenvalue weighted by molar-refractivity contribution is 7.47. The third-order valence-electron chi connectivity index (χ3n) is 4.52. The van der Waals surface area contributed by atoms with Crippen LogP contribution in [0.4, 0.5) is 8.59 Å². The SMILES string of the molecule is COc1cccc(CCc2ccccc2OC[C@H](CN(C)C)OCOP(=O)(F)OO/N=C(\F)Cl)c1. The third-order valence-corrected chi connectivity index (χ3v) is 5.25. The number of hydrogen-bond donors (Lipinski definition) is 0. The molecule has 0 radical (unpaired) electrons. The van der Waals surface area contributed by atoms with Crippen molar-refractivity contribution in [3.63, 3.8) is 0 Å². The van der Waals surface area contributed by atoms with Gasteiger partial charge in [-0.15, -0.1) is 4.20 Å². The first-order valence-electron chi connectivity index (χ1n) is 10.5. The molecule has 194 valence electrons. The summed E-state index contributed by atoms with van der Waals surface area (Å²) >= 11 is 4.74. The molecule has 2 atom stereocenters. The van der Waals surface area contributed by atoms with Gasteiger partial charge in [0.15, 0.2) is 6.79 Å². The van der Waals surface area contributed by atoms with Gasteiger partial charge in [-0.2, -0.15) is 4.39 Å². The predicted molar refractivity (Wildman–Crippen MR) is 127 cm³/mol. The molecule has 0 N–H and O–H groups in total. The number of para-hydroxylation sites is 1. The van der Waals surface area contributed by atoms with Crippen LogP contribution in [-0.4, -0.2) is 57.6 Å². The molecule has 2 aromatic carbocycles. The van der Waals surface area contributed by atoms with Crippen LogP contribution in [0.5, 0.6) is 11.5 Å². The maximum Gasteiger partial charge on any atom is 0.553 e. The predicted octanol–water partition coefficient (Wildman–Crippen LogP) is 5.29. The molecular weight excluding hydrogens is 509 g/mol. The molecule has 0 amide bonds. The Bertz CT molecular complexity index is 996. The number of methoxy groups -OCH3 is 1. The molecule has 0 bridgehead atoms. The number of benzene rings is 2. The fourth-order valence-corrected chi connectivity index (χ4v) is 3.37. The van der Waals surface area contributed by atoms with Gasteiger partial charge in [0.1, 0.15) is 24.2 Å². The second-order valence-corrected chi connectivity index (χ2v) is 9.06. The highest BCUT2D eigenvalue weighted by atomic mass is 35.5. The van der Waals surface area contributed by atoms with E-state index in [9.17, 15) is 13.2 Å². The number of nitrogens with zero attached hydrogens (tertiary/aromatic N) is 2. The average molecular weight is 537 g/mol. The normalized spacial score (nSPS) is 14.4. The summed E-state index contributed by atoms with van der Waals surface area (Å²) < 4.78 is 62.1. The standard InChI is InChI=1S/C22H28ClF2N2O7P/c1-27(2)14-20(31-16-32-35(25,28)34-33-26-22(23)24)15-30-21-10-5-4-8-18(21)12-11-17-7-6-9-19(13-17)29-3/h4-10,13,20H,11-12,14-16H2,1-3H3/b26-22-/t20-,35?/m0/s1. The summed E-state index contributed by atoms with van der Waals surface area (Å²) in [6.45, 7) is -0.248. The molecule has 1 unspecified atom stereocenters. The van der Waals surface area contributed by atoms with Gasteiger partial charge in [-0.05, 0) is 72.5 Å². The minimum atomic E-state index is -5.21. The third kappa shape index (κ3) is 11.8. The van der Waals surface area contributed by atoms with E-state index in [2.05, 4.69) is 19.3 Å². The molecule has 0 aliphatic carbocycles.